The van der Waals surface area contributed by atoms with Gasteiger partial charge in [0.1, 0.15) is 0 Å². The van der Waals surface area contributed by atoms with Gasteiger partial charge in [0, 0.05) is 34.1 Å². The van der Waals surface area contributed by atoms with Gasteiger partial charge < -0.3 is 10.0 Å². The van der Waals surface area contributed by atoms with Gasteiger partial charge in [-0.3, -0.25) is 4.90 Å². The monoisotopic (exact) mass is 480 g/mol. The van der Waals surface area contributed by atoms with Crippen molar-refractivity contribution in [3.63, 3.8) is 0 Å². The summed E-state index contributed by atoms with van der Waals surface area (Å²) in [6.07, 6.45) is -0.840. The predicted molar refractivity (Wildman–Crippen MR) is 110 cm³/mol. The lowest BCUT2D eigenvalue weighted by atomic mass is 9.94. The molecule has 138 valence electrons. The highest BCUT2D eigenvalue weighted by molar-refractivity contribution is 9.10. The summed E-state index contributed by atoms with van der Waals surface area (Å²) in [5, 5.41) is 9.44. The minimum atomic E-state index is -0.840. The average molecular weight is 482 g/mol. The zero-order valence-electron chi connectivity index (χ0n) is 14.8. The Balaban J connectivity index is 1.99. The Morgan fingerprint density at radius 1 is 0.923 bits per heavy atom. The zero-order chi connectivity index (χ0) is 18.8. The number of carboxylic acid groups (broad SMARTS) is 1. The predicted octanol–water partition coefficient (Wildman–Crippen LogP) is 5.37. The van der Waals surface area contributed by atoms with E-state index < -0.39 is 6.09 Å². The third-order valence-corrected chi connectivity index (χ3v) is 6.04. The number of benzene rings is 2. The number of nitrogens with zero attached hydrogens (tertiary/aromatic N) is 2. The first-order chi connectivity index (χ1) is 12.4. The first kappa shape index (κ1) is 19.4. The molecule has 1 aliphatic rings. The van der Waals surface area contributed by atoms with Crippen molar-refractivity contribution >= 4 is 38.0 Å². The fraction of sp³-hybridized carbons (Fsp3) is 0.350. The van der Waals surface area contributed by atoms with Crippen LogP contribution in [0.1, 0.15) is 31.0 Å². The van der Waals surface area contributed by atoms with E-state index in [4.69, 9.17) is 0 Å². The molecule has 6 heteroatoms. The maximum absolute atomic E-state index is 11.5. The Morgan fingerprint density at radius 3 is 1.81 bits per heavy atom. The van der Waals surface area contributed by atoms with E-state index in [-0.39, 0.29) is 18.1 Å². The van der Waals surface area contributed by atoms with Gasteiger partial charge in [0.2, 0.25) is 0 Å². The molecule has 0 aliphatic carbocycles. The molecule has 3 rings (SSSR count). The van der Waals surface area contributed by atoms with Gasteiger partial charge in [0.25, 0.3) is 0 Å². The molecule has 1 fully saturated rings. The maximum Gasteiger partial charge on any atom is 0.407 e. The number of amides is 1. The molecule has 0 bridgehead atoms. The van der Waals surface area contributed by atoms with Crippen molar-refractivity contribution in [2.24, 2.45) is 0 Å². The molecule has 1 N–H and O–H groups in total. The van der Waals surface area contributed by atoms with Crippen molar-refractivity contribution in [1.82, 2.24) is 9.80 Å². The van der Waals surface area contributed by atoms with Crippen LogP contribution in [0.25, 0.3) is 0 Å². The van der Waals surface area contributed by atoms with Gasteiger partial charge in [-0.25, -0.2) is 4.79 Å². The van der Waals surface area contributed by atoms with Crippen LogP contribution < -0.4 is 0 Å². The molecular weight excluding hydrogens is 460 g/mol. The van der Waals surface area contributed by atoms with Crippen LogP contribution >= 0.6 is 31.9 Å². The molecule has 1 heterocycles. The maximum atomic E-state index is 11.5. The van der Waals surface area contributed by atoms with Crippen LogP contribution in [0.3, 0.4) is 0 Å². The Labute approximate surface area is 171 Å². The zero-order valence-corrected chi connectivity index (χ0v) is 17.9. The molecule has 1 amide bonds. The van der Waals surface area contributed by atoms with Crippen molar-refractivity contribution in [3.05, 3.63) is 68.6 Å². The fourth-order valence-corrected chi connectivity index (χ4v) is 4.17. The standard InChI is InChI=1S/C20H22Br2N2O2/c1-13-12-24(20(25)26)14(2)11-23(13)19(15-3-7-17(21)8-4-15)16-5-9-18(22)10-6-16/h3-10,13-14,19H,11-12H2,1-2H3,(H,25,26)/t13-,14+/m1/s1. The van der Waals surface area contributed by atoms with E-state index in [1.807, 2.05) is 6.92 Å². The molecule has 0 radical (unpaired) electrons. The van der Waals surface area contributed by atoms with Crippen molar-refractivity contribution in [3.8, 4) is 0 Å². The molecule has 0 aromatic heterocycles. The van der Waals surface area contributed by atoms with E-state index in [2.05, 4.69) is 92.2 Å². The topological polar surface area (TPSA) is 43.8 Å². The van der Waals surface area contributed by atoms with Gasteiger partial charge >= 0.3 is 6.09 Å². The first-order valence-corrected chi connectivity index (χ1v) is 10.2. The smallest absolute Gasteiger partial charge is 0.407 e. The molecule has 0 spiro atoms. The van der Waals surface area contributed by atoms with Crippen LogP contribution in [-0.2, 0) is 0 Å². The van der Waals surface area contributed by atoms with E-state index in [0.717, 1.165) is 8.95 Å². The summed E-state index contributed by atoms with van der Waals surface area (Å²) in [6, 6.07) is 16.9. The van der Waals surface area contributed by atoms with Crippen LogP contribution in [0.15, 0.2) is 57.5 Å². The molecule has 26 heavy (non-hydrogen) atoms. The average Bonchev–Trinajstić information content (AvgIpc) is 2.60. The highest BCUT2D eigenvalue weighted by Crippen LogP contribution is 2.34. The Kier molecular flexibility index (Phi) is 6.05. The Morgan fingerprint density at radius 2 is 1.38 bits per heavy atom. The number of halogens is 2. The summed E-state index contributed by atoms with van der Waals surface area (Å²) in [6.45, 7) is 5.30. The fourth-order valence-electron chi connectivity index (χ4n) is 3.65. The molecule has 0 saturated carbocycles. The van der Waals surface area contributed by atoms with Gasteiger partial charge in [-0.1, -0.05) is 56.1 Å². The van der Waals surface area contributed by atoms with E-state index >= 15 is 0 Å². The molecule has 2 aromatic carbocycles. The second-order valence-corrected chi connectivity index (χ2v) is 8.67. The van der Waals surface area contributed by atoms with Crippen molar-refractivity contribution in [2.45, 2.75) is 32.0 Å². The van der Waals surface area contributed by atoms with Crippen LogP contribution in [-0.4, -0.2) is 46.2 Å². The molecule has 0 unspecified atom stereocenters. The number of piperazine rings is 1. The lowest BCUT2D eigenvalue weighted by molar-refractivity contribution is 0.0280. The van der Waals surface area contributed by atoms with E-state index in [9.17, 15) is 9.90 Å². The lowest BCUT2D eigenvalue weighted by Gasteiger charge is -2.46. The van der Waals surface area contributed by atoms with Crippen molar-refractivity contribution in [1.29, 1.82) is 0 Å². The summed E-state index contributed by atoms with van der Waals surface area (Å²) in [4.78, 5) is 15.5. The third-order valence-electron chi connectivity index (χ3n) is 4.98. The molecule has 2 atom stereocenters. The highest BCUT2D eigenvalue weighted by atomic mass is 79.9. The summed E-state index contributed by atoms with van der Waals surface area (Å²) in [5.74, 6) is 0. The molecule has 4 nitrogen and oxygen atoms in total. The van der Waals surface area contributed by atoms with Crippen molar-refractivity contribution in [2.75, 3.05) is 13.1 Å². The van der Waals surface area contributed by atoms with Crippen LogP contribution in [0, 0.1) is 0 Å². The Bertz CT molecular complexity index is 719. The van der Waals surface area contributed by atoms with Gasteiger partial charge in [-0.05, 0) is 49.2 Å². The van der Waals surface area contributed by atoms with Crippen molar-refractivity contribution < 1.29 is 9.90 Å². The highest BCUT2D eigenvalue weighted by Gasteiger charge is 2.36. The van der Waals surface area contributed by atoms with E-state index in [1.165, 1.54) is 11.1 Å². The quantitative estimate of drug-likeness (QED) is 0.640. The van der Waals surface area contributed by atoms with E-state index in [0.29, 0.717) is 13.1 Å². The normalized spacial score (nSPS) is 21.2. The third kappa shape index (κ3) is 4.13. The summed E-state index contributed by atoms with van der Waals surface area (Å²) in [5.41, 5.74) is 2.41. The Hall–Kier alpha value is -1.37. The number of hydrogen-bond acceptors (Lipinski definition) is 2. The minimum absolute atomic E-state index is 0.0444. The largest absolute Gasteiger partial charge is 0.465 e. The molecule has 1 saturated heterocycles. The van der Waals surface area contributed by atoms with Crippen LogP contribution in [0.5, 0.6) is 0 Å². The SMILES string of the molecule is C[C@@H]1CN(C(=O)O)[C@@H](C)CN1C(c1ccc(Br)cc1)c1ccc(Br)cc1. The molecule has 2 aromatic rings. The van der Waals surface area contributed by atoms with Gasteiger partial charge in [0.15, 0.2) is 0 Å². The molecule has 1 aliphatic heterocycles. The summed E-state index contributed by atoms with van der Waals surface area (Å²) >= 11 is 7.02. The lowest BCUT2D eigenvalue weighted by Crippen LogP contribution is -2.58. The summed E-state index contributed by atoms with van der Waals surface area (Å²) in [7, 11) is 0. The van der Waals surface area contributed by atoms with Crippen LogP contribution in [0.2, 0.25) is 0 Å². The second kappa shape index (κ2) is 8.11. The minimum Gasteiger partial charge on any atom is -0.465 e. The second-order valence-electron chi connectivity index (χ2n) is 6.84. The molecular formula is C20H22Br2N2O2. The first-order valence-electron chi connectivity index (χ1n) is 8.63. The van der Waals surface area contributed by atoms with Gasteiger partial charge in [0.05, 0.1) is 6.04 Å². The number of carbonyl (C=O) groups is 1. The van der Waals surface area contributed by atoms with Gasteiger partial charge in [-0.2, -0.15) is 0 Å². The van der Waals surface area contributed by atoms with Gasteiger partial charge in [-0.15, -0.1) is 0 Å². The van der Waals surface area contributed by atoms with E-state index in [1.54, 1.807) is 4.90 Å². The number of rotatable bonds is 3. The van der Waals surface area contributed by atoms with Crippen LogP contribution in [0.4, 0.5) is 4.79 Å². The number of hydrogen-bond donors (Lipinski definition) is 1. The summed E-state index contributed by atoms with van der Waals surface area (Å²) < 4.78 is 2.10.